The van der Waals surface area contributed by atoms with E-state index in [9.17, 15) is 4.79 Å². The Labute approximate surface area is 151 Å². The SMILES string of the molecule is CC1CN(C(=O)c2cc(Cl)c3c(c2)OCCO3)CC2(CCOCC2)O1. The van der Waals surface area contributed by atoms with Crippen molar-refractivity contribution in [3.63, 3.8) is 0 Å². The second-order valence-corrected chi connectivity index (χ2v) is 7.30. The molecule has 1 amide bonds. The Bertz CT molecular complexity index is 674. The molecule has 0 aliphatic carbocycles. The number of carbonyl (C=O) groups excluding carboxylic acids is 1. The molecule has 4 rings (SSSR count). The highest BCUT2D eigenvalue weighted by Crippen LogP contribution is 2.39. The van der Waals surface area contributed by atoms with E-state index in [1.54, 1.807) is 12.1 Å². The lowest BCUT2D eigenvalue weighted by Crippen LogP contribution is -2.58. The summed E-state index contributed by atoms with van der Waals surface area (Å²) in [6.07, 6.45) is 1.61. The van der Waals surface area contributed by atoms with E-state index in [1.165, 1.54) is 0 Å². The van der Waals surface area contributed by atoms with Crippen LogP contribution in [0.4, 0.5) is 0 Å². The molecule has 1 aromatic rings. The number of benzene rings is 1. The Hall–Kier alpha value is -1.50. The molecule has 0 radical (unpaired) electrons. The van der Waals surface area contributed by atoms with Gasteiger partial charge in [0.15, 0.2) is 11.5 Å². The van der Waals surface area contributed by atoms with Gasteiger partial charge in [-0.3, -0.25) is 4.79 Å². The van der Waals surface area contributed by atoms with Crippen LogP contribution in [0.3, 0.4) is 0 Å². The Balaban J connectivity index is 1.58. The second kappa shape index (κ2) is 6.67. The Morgan fingerprint density at radius 1 is 1.20 bits per heavy atom. The minimum Gasteiger partial charge on any atom is -0.486 e. The van der Waals surface area contributed by atoms with Gasteiger partial charge in [0.05, 0.1) is 23.3 Å². The number of hydrogen-bond donors (Lipinski definition) is 0. The molecule has 0 saturated carbocycles. The number of hydrogen-bond acceptors (Lipinski definition) is 5. The summed E-state index contributed by atoms with van der Waals surface area (Å²) >= 11 is 6.28. The molecule has 2 saturated heterocycles. The monoisotopic (exact) mass is 367 g/mol. The first-order valence-electron chi connectivity index (χ1n) is 8.70. The van der Waals surface area contributed by atoms with Gasteiger partial charge in [0, 0.05) is 38.2 Å². The van der Waals surface area contributed by atoms with E-state index in [4.69, 9.17) is 30.5 Å². The Morgan fingerprint density at radius 3 is 2.76 bits per heavy atom. The van der Waals surface area contributed by atoms with Crippen LogP contribution in [0.25, 0.3) is 0 Å². The highest BCUT2D eigenvalue weighted by Gasteiger charge is 2.42. The molecule has 1 aromatic carbocycles. The van der Waals surface area contributed by atoms with Gasteiger partial charge in [0.2, 0.25) is 0 Å². The molecule has 6 nitrogen and oxygen atoms in total. The lowest BCUT2D eigenvalue weighted by Gasteiger charge is -2.47. The fraction of sp³-hybridized carbons (Fsp3) is 0.611. The molecule has 3 aliphatic heterocycles. The van der Waals surface area contributed by atoms with Crippen molar-refractivity contribution in [1.82, 2.24) is 4.90 Å². The molecule has 0 N–H and O–H groups in total. The van der Waals surface area contributed by atoms with Crippen LogP contribution in [0, 0.1) is 0 Å². The molecule has 0 aromatic heterocycles. The van der Waals surface area contributed by atoms with E-state index in [2.05, 4.69) is 0 Å². The molecular weight excluding hydrogens is 346 g/mol. The third-order valence-corrected chi connectivity index (χ3v) is 5.22. The van der Waals surface area contributed by atoms with Crippen LogP contribution in [0.1, 0.15) is 30.1 Å². The van der Waals surface area contributed by atoms with Crippen molar-refractivity contribution < 1.29 is 23.7 Å². The van der Waals surface area contributed by atoms with Crippen molar-refractivity contribution in [2.45, 2.75) is 31.5 Å². The third-order valence-electron chi connectivity index (χ3n) is 4.94. The van der Waals surface area contributed by atoms with Gasteiger partial charge in [0.25, 0.3) is 5.91 Å². The second-order valence-electron chi connectivity index (χ2n) is 6.89. The Morgan fingerprint density at radius 2 is 1.96 bits per heavy atom. The predicted octanol–water partition coefficient (Wildman–Crippen LogP) is 2.52. The zero-order valence-electron chi connectivity index (χ0n) is 14.3. The lowest BCUT2D eigenvalue weighted by atomic mass is 9.91. The number of fused-ring (bicyclic) bond motifs is 1. The van der Waals surface area contributed by atoms with Crippen LogP contribution in [0.5, 0.6) is 11.5 Å². The van der Waals surface area contributed by atoms with Crippen LogP contribution in [-0.4, -0.2) is 62.0 Å². The number of halogens is 1. The van der Waals surface area contributed by atoms with Crippen molar-refractivity contribution in [3.8, 4) is 11.5 Å². The fourth-order valence-corrected chi connectivity index (χ4v) is 4.08. The summed E-state index contributed by atoms with van der Waals surface area (Å²) in [6.45, 7) is 5.41. The van der Waals surface area contributed by atoms with Crippen molar-refractivity contribution in [2.75, 3.05) is 39.5 Å². The van der Waals surface area contributed by atoms with Gasteiger partial charge in [-0.2, -0.15) is 0 Å². The summed E-state index contributed by atoms with van der Waals surface area (Å²) in [7, 11) is 0. The van der Waals surface area contributed by atoms with E-state index >= 15 is 0 Å². The normalized spacial score (nSPS) is 25.0. The van der Waals surface area contributed by atoms with Gasteiger partial charge in [0.1, 0.15) is 13.2 Å². The molecule has 1 spiro atoms. The van der Waals surface area contributed by atoms with Gasteiger partial charge >= 0.3 is 0 Å². The number of rotatable bonds is 1. The molecular formula is C18H22ClNO5. The van der Waals surface area contributed by atoms with Crippen molar-refractivity contribution >= 4 is 17.5 Å². The topological polar surface area (TPSA) is 57.2 Å². The van der Waals surface area contributed by atoms with Crippen LogP contribution in [0.15, 0.2) is 12.1 Å². The average molecular weight is 368 g/mol. The average Bonchev–Trinajstić information content (AvgIpc) is 2.61. The summed E-state index contributed by atoms with van der Waals surface area (Å²) in [5.74, 6) is 0.991. The molecule has 3 aliphatic rings. The molecule has 7 heteroatoms. The lowest BCUT2D eigenvalue weighted by molar-refractivity contribution is -0.176. The zero-order chi connectivity index (χ0) is 17.4. The maximum Gasteiger partial charge on any atom is 0.254 e. The van der Waals surface area contributed by atoms with Gasteiger partial charge < -0.3 is 23.8 Å². The van der Waals surface area contributed by atoms with Crippen LogP contribution >= 0.6 is 11.6 Å². The fourth-order valence-electron chi connectivity index (χ4n) is 3.82. The first-order valence-corrected chi connectivity index (χ1v) is 9.08. The van der Waals surface area contributed by atoms with Gasteiger partial charge in [-0.25, -0.2) is 0 Å². The van der Waals surface area contributed by atoms with E-state index in [1.807, 2.05) is 11.8 Å². The first kappa shape index (κ1) is 16.9. The molecule has 0 bridgehead atoms. The van der Waals surface area contributed by atoms with E-state index in [0.717, 1.165) is 12.8 Å². The van der Waals surface area contributed by atoms with Crippen LogP contribution < -0.4 is 9.47 Å². The van der Waals surface area contributed by atoms with Crippen molar-refractivity contribution in [1.29, 1.82) is 0 Å². The van der Waals surface area contributed by atoms with Crippen LogP contribution in [-0.2, 0) is 9.47 Å². The largest absolute Gasteiger partial charge is 0.486 e. The molecule has 136 valence electrons. The smallest absolute Gasteiger partial charge is 0.254 e. The Kier molecular flexibility index (Phi) is 4.52. The number of ether oxygens (including phenoxy) is 4. The summed E-state index contributed by atoms with van der Waals surface area (Å²) < 4.78 is 22.8. The van der Waals surface area contributed by atoms with E-state index in [0.29, 0.717) is 61.6 Å². The molecule has 3 heterocycles. The molecule has 1 unspecified atom stereocenters. The standard InChI is InChI=1S/C18H22ClNO5/c1-12-10-20(11-18(25-12)2-4-22-5-3-18)17(21)13-8-14(19)16-15(9-13)23-6-7-24-16/h8-9,12H,2-7,10-11H2,1H3. The molecule has 25 heavy (non-hydrogen) atoms. The summed E-state index contributed by atoms with van der Waals surface area (Å²) in [5, 5.41) is 0.405. The number of amides is 1. The van der Waals surface area contributed by atoms with Crippen LogP contribution in [0.2, 0.25) is 5.02 Å². The van der Waals surface area contributed by atoms with Crippen molar-refractivity contribution in [3.05, 3.63) is 22.7 Å². The number of nitrogens with zero attached hydrogens (tertiary/aromatic N) is 1. The quantitative estimate of drug-likeness (QED) is 0.763. The van der Waals surface area contributed by atoms with Crippen molar-refractivity contribution in [2.24, 2.45) is 0 Å². The van der Waals surface area contributed by atoms with Gasteiger partial charge in [-0.15, -0.1) is 0 Å². The maximum atomic E-state index is 13.1. The van der Waals surface area contributed by atoms with E-state index < -0.39 is 0 Å². The predicted molar refractivity (Wildman–Crippen MR) is 91.7 cm³/mol. The minimum atomic E-state index is -0.302. The third kappa shape index (κ3) is 3.30. The minimum absolute atomic E-state index is 0.0107. The molecule has 1 atom stereocenters. The van der Waals surface area contributed by atoms with Gasteiger partial charge in [-0.1, -0.05) is 11.6 Å². The summed E-state index contributed by atoms with van der Waals surface area (Å²) in [5.41, 5.74) is 0.217. The maximum absolute atomic E-state index is 13.1. The summed E-state index contributed by atoms with van der Waals surface area (Å²) in [4.78, 5) is 15.0. The van der Waals surface area contributed by atoms with E-state index in [-0.39, 0.29) is 17.6 Å². The highest BCUT2D eigenvalue weighted by atomic mass is 35.5. The summed E-state index contributed by atoms with van der Waals surface area (Å²) in [6, 6.07) is 3.38. The number of carbonyl (C=O) groups is 1. The number of morpholine rings is 1. The zero-order valence-corrected chi connectivity index (χ0v) is 15.0. The first-order chi connectivity index (χ1) is 12.1. The highest BCUT2D eigenvalue weighted by molar-refractivity contribution is 6.32. The molecule has 2 fully saturated rings. The van der Waals surface area contributed by atoms with Gasteiger partial charge in [-0.05, 0) is 19.1 Å².